The van der Waals surface area contributed by atoms with Crippen molar-refractivity contribution in [3.63, 3.8) is 0 Å². The number of primary amides is 1. The summed E-state index contributed by atoms with van der Waals surface area (Å²) in [4.78, 5) is 23.0. The molecular formula is C13H18ClN3O2. The first kappa shape index (κ1) is 15.5. The van der Waals surface area contributed by atoms with E-state index in [0.717, 1.165) is 6.42 Å². The van der Waals surface area contributed by atoms with Gasteiger partial charge in [-0.1, -0.05) is 31.9 Å². The number of carbonyl (C=O) groups excluding carboxylic acids is 2. The summed E-state index contributed by atoms with van der Waals surface area (Å²) in [5.74, 6) is -0.873. The molecule has 0 saturated heterocycles. The van der Waals surface area contributed by atoms with Gasteiger partial charge in [0.1, 0.15) is 0 Å². The number of anilines is 1. The van der Waals surface area contributed by atoms with Crippen molar-refractivity contribution in [2.45, 2.75) is 26.3 Å². The molecule has 0 spiro atoms. The third kappa shape index (κ3) is 3.94. The van der Waals surface area contributed by atoms with Crippen molar-refractivity contribution in [2.75, 3.05) is 5.32 Å². The van der Waals surface area contributed by atoms with Gasteiger partial charge in [0.25, 0.3) is 0 Å². The van der Waals surface area contributed by atoms with Gasteiger partial charge in [-0.05, 0) is 24.1 Å². The second-order valence-corrected chi connectivity index (χ2v) is 4.87. The molecule has 6 heteroatoms. The second-order valence-electron chi connectivity index (χ2n) is 4.46. The summed E-state index contributed by atoms with van der Waals surface area (Å²) in [6.45, 7) is 3.87. The highest BCUT2D eigenvalue weighted by atomic mass is 35.5. The molecule has 104 valence electrons. The maximum absolute atomic E-state index is 11.9. The Bertz CT molecular complexity index is 491. The first-order valence-electron chi connectivity index (χ1n) is 6.02. The van der Waals surface area contributed by atoms with Crippen molar-refractivity contribution in [3.05, 3.63) is 28.8 Å². The average molecular weight is 284 g/mol. The molecule has 1 rings (SSSR count). The van der Waals surface area contributed by atoms with E-state index in [-0.39, 0.29) is 22.4 Å². The smallest absolute Gasteiger partial charge is 0.250 e. The number of carbonyl (C=O) groups is 2. The van der Waals surface area contributed by atoms with Gasteiger partial charge in [0.2, 0.25) is 11.8 Å². The number of halogens is 1. The van der Waals surface area contributed by atoms with Crippen molar-refractivity contribution in [1.82, 2.24) is 0 Å². The van der Waals surface area contributed by atoms with Gasteiger partial charge in [-0.3, -0.25) is 9.59 Å². The Morgan fingerprint density at radius 1 is 1.42 bits per heavy atom. The molecule has 2 atom stereocenters. The summed E-state index contributed by atoms with van der Waals surface area (Å²) >= 11 is 5.82. The van der Waals surface area contributed by atoms with Gasteiger partial charge in [0, 0.05) is 5.69 Å². The van der Waals surface area contributed by atoms with E-state index in [1.165, 1.54) is 12.1 Å². The van der Waals surface area contributed by atoms with Crippen LogP contribution in [0.4, 0.5) is 5.69 Å². The number of rotatable bonds is 5. The van der Waals surface area contributed by atoms with Crippen LogP contribution in [0, 0.1) is 5.92 Å². The van der Waals surface area contributed by atoms with Crippen molar-refractivity contribution in [2.24, 2.45) is 17.4 Å². The Morgan fingerprint density at radius 2 is 2.05 bits per heavy atom. The zero-order valence-electron chi connectivity index (χ0n) is 10.9. The SMILES string of the molecule is CCC(C)[C@H](N)C(=O)Nc1ccc(Cl)c(C(N)=O)c1. The van der Waals surface area contributed by atoms with E-state index in [4.69, 9.17) is 23.1 Å². The fraction of sp³-hybridized carbons (Fsp3) is 0.385. The van der Waals surface area contributed by atoms with Gasteiger partial charge in [0.05, 0.1) is 16.6 Å². The van der Waals surface area contributed by atoms with Gasteiger partial charge in [-0.15, -0.1) is 0 Å². The highest BCUT2D eigenvalue weighted by molar-refractivity contribution is 6.34. The number of amides is 2. The lowest BCUT2D eigenvalue weighted by Crippen LogP contribution is -2.40. The number of nitrogens with one attached hydrogen (secondary N) is 1. The molecule has 0 aliphatic carbocycles. The van der Waals surface area contributed by atoms with Crippen LogP contribution in [0.3, 0.4) is 0 Å². The third-order valence-electron chi connectivity index (χ3n) is 3.06. The van der Waals surface area contributed by atoms with E-state index < -0.39 is 11.9 Å². The summed E-state index contributed by atoms with van der Waals surface area (Å²) in [6, 6.07) is 3.94. The molecule has 0 radical (unpaired) electrons. The van der Waals surface area contributed by atoms with Crippen molar-refractivity contribution in [3.8, 4) is 0 Å². The maximum atomic E-state index is 11.9. The summed E-state index contributed by atoms with van der Waals surface area (Å²) in [7, 11) is 0. The van der Waals surface area contributed by atoms with Gasteiger partial charge < -0.3 is 16.8 Å². The molecule has 1 aromatic rings. The van der Waals surface area contributed by atoms with Gasteiger partial charge in [0.15, 0.2) is 0 Å². The fourth-order valence-electron chi connectivity index (χ4n) is 1.53. The largest absolute Gasteiger partial charge is 0.366 e. The minimum absolute atomic E-state index is 0.0721. The highest BCUT2D eigenvalue weighted by Crippen LogP contribution is 2.20. The van der Waals surface area contributed by atoms with Crippen LogP contribution >= 0.6 is 11.6 Å². The van der Waals surface area contributed by atoms with Crippen LogP contribution < -0.4 is 16.8 Å². The monoisotopic (exact) mass is 283 g/mol. The predicted molar refractivity (Wildman–Crippen MR) is 76.0 cm³/mol. The normalized spacial score (nSPS) is 13.7. The molecule has 19 heavy (non-hydrogen) atoms. The van der Waals surface area contributed by atoms with Crippen LogP contribution in [0.15, 0.2) is 18.2 Å². The molecule has 0 aliphatic heterocycles. The molecule has 2 amide bonds. The van der Waals surface area contributed by atoms with Crippen LogP contribution in [0.2, 0.25) is 5.02 Å². The van der Waals surface area contributed by atoms with Crippen LogP contribution in [-0.4, -0.2) is 17.9 Å². The lowest BCUT2D eigenvalue weighted by Gasteiger charge is -2.18. The van der Waals surface area contributed by atoms with E-state index >= 15 is 0 Å². The summed E-state index contributed by atoms with van der Waals surface area (Å²) in [5.41, 5.74) is 11.6. The lowest BCUT2D eigenvalue weighted by molar-refractivity contribution is -0.118. The molecule has 0 fully saturated rings. The topological polar surface area (TPSA) is 98.2 Å². The van der Waals surface area contributed by atoms with E-state index in [1.54, 1.807) is 6.07 Å². The highest BCUT2D eigenvalue weighted by Gasteiger charge is 2.19. The molecule has 0 heterocycles. The molecular weight excluding hydrogens is 266 g/mol. The van der Waals surface area contributed by atoms with Crippen LogP contribution in [-0.2, 0) is 4.79 Å². The van der Waals surface area contributed by atoms with E-state index in [2.05, 4.69) is 5.32 Å². The quantitative estimate of drug-likeness (QED) is 0.768. The molecule has 0 bridgehead atoms. The van der Waals surface area contributed by atoms with Crippen molar-refractivity contribution in [1.29, 1.82) is 0 Å². The Balaban J connectivity index is 2.86. The van der Waals surface area contributed by atoms with Gasteiger partial charge in [-0.2, -0.15) is 0 Å². The molecule has 0 aliphatic rings. The molecule has 1 aromatic carbocycles. The zero-order valence-corrected chi connectivity index (χ0v) is 11.7. The van der Waals surface area contributed by atoms with E-state index in [0.29, 0.717) is 5.69 Å². The molecule has 5 nitrogen and oxygen atoms in total. The summed E-state index contributed by atoms with van der Waals surface area (Å²) in [6.07, 6.45) is 0.807. The zero-order chi connectivity index (χ0) is 14.6. The van der Waals surface area contributed by atoms with Gasteiger partial charge in [-0.25, -0.2) is 0 Å². The number of nitrogens with two attached hydrogens (primary N) is 2. The first-order chi connectivity index (χ1) is 8.86. The maximum Gasteiger partial charge on any atom is 0.250 e. The summed E-state index contributed by atoms with van der Waals surface area (Å²) in [5, 5.41) is 2.90. The molecule has 0 saturated carbocycles. The Hall–Kier alpha value is -1.59. The minimum atomic E-state index is -0.646. The number of hydrogen-bond acceptors (Lipinski definition) is 3. The minimum Gasteiger partial charge on any atom is -0.366 e. The predicted octanol–water partition coefficient (Wildman–Crippen LogP) is 1.75. The van der Waals surface area contributed by atoms with Crippen LogP contribution in [0.5, 0.6) is 0 Å². The van der Waals surface area contributed by atoms with Gasteiger partial charge >= 0.3 is 0 Å². The van der Waals surface area contributed by atoms with Crippen LogP contribution in [0.1, 0.15) is 30.6 Å². The standard InChI is InChI=1S/C13H18ClN3O2/c1-3-7(2)11(15)13(19)17-8-4-5-10(14)9(6-8)12(16)18/h4-7,11H,3,15H2,1-2H3,(H2,16,18)(H,17,19)/t7?,11-/m0/s1. The fourth-order valence-corrected chi connectivity index (χ4v) is 1.74. The molecule has 0 aromatic heterocycles. The van der Waals surface area contributed by atoms with E-state index in [1.807, 2.05) is 13.8 Å². The van der Waals surface area contributed by atoms with Crippen LogP contribution in [0.25, 0.3) is 0 Å². The van der Waals surface area contributed by atoms with E-state index in [9.17, 15) is 9.59 Å². The second kappa shape index (κ2) is 6.54. The Labute approximate surface area is 117 Å². The number of benzene rings is 1. The molecule has 1 unspecified atom stereocenters. The lowest BCUT2D eigenvalue weighted by atomic mass is 9.99. The third-order valence-corrected chi connectivity index (χ3v) is 3.39. The number of hydrogen-bond donors (Lipinski definition) is 3. The first-order valence-corrected chi connectivity index (χ1v) is 6.40. The average Bonchev–Trinajstić information content (AvgIpc) is 2.38. The molecule has 5 N–H and O–H groups in total. The van der Waals surface area contributed by atoms with Crippen molar-refractivity contribution >= 4 is 29.1 Å². The Kier molecular flexibility index (Phi) is 5.32. The van der Waals surface area contributed by atoms with Crippen molar-refractivity contribution < 1.29 is 9.59 Å². The summed E-state index contributed by atoms with van der Waals surface area (Å²) < 4.78 is 0. The Morgan fingerprint density at radius 3 is 2.58 bits per heavy atom.